The number of rotatable bonds is 9. The predicted octanol–water partition coefficient (Wildman–Crippen LogP) is 1.93. The maximum absolute atomic E-state index is 5.43. The number of nitrogens with one attached hydrogen (secondary N) is 2. The summed E-state index contributed by atoms with van der Waals surface area (Å²) >= 11 is 0. The predicted molar refractivity (Wildman–Crippen MR) is 131 cm³/mol. The molecule has 0 saturated heterocycles. The van der Waals surface area contributed by atoms with Crippen molar-refractivity contribution >= 4 is 29.9 Å². The van der Waals surface area contributed by atoms with Crippen LogP contribution in [-0.4, -0.2) is 61.3 Å². The Balaban J connectivity index is 0.00000341. The van der Waals surface area contributed by atoms with Crippen molar-refractivity contribution < 1.29 is 4.74 Å². The van der Waals surface area contributed by atoms with Crippen molar-refractivity contribution in [2.75, 3.05) is 19.8 Å². The first-order valence-electron chi connectivity index (χ1n) is 10.9. The van der Waals surface area contributed by atoms with E-state index in [1.165, 1.54) is 0 Å². The van der Waals surface area contributed by atoms with Gasteiger partial charge in [-0.15, -0.1) is 34.2 Å². The zero-order valence-electron chi connectivity index (χ0n) is 19.3. The van der Waals surface area contributed by atoms with Crippen LogP contribution in [0.5, 0.6) is 0 Å². The lowest BCUT2D eigenvalue weighted by atomic mass is 10.1. The highest BCUT2D eigenvalue weighted by Crippen LogP contribution is 2.17. The largest absolute Gasteiger partial charge is 0.382 e. The molecule has 0 saturated carbocycles. The molecule has 0 fully saturated rings. The molecule has 0 radical (unpaired) electrons. The first-order chi connectivity index (χ1) is 14.5. The third-order valence-electron chi connectivity index (χ3n) is 5.26. The van der Waals surface area contributed by atoms with E-state index >= 15 is 0 Å². The summed E-state index contributed by atoms with van der Waals surface area (Å²) in [6, 6.07) is 0.249. The molecule has 1 aliphatic rings. The van der Waals surface area contributed by atoms with Crippen LogP contribution in [0.25, 0.3) is 0 Å². The molecule has 11 heteroatoms. The molecular formula is C20H36IN9O. The first kappa shape index (κ1) is 25.5. The molecule has 0 amide bonds. The molecule has 2 N–H and O–H groups in total. The number of aryl methyl sites for hydroxylation is 2. The molecule has 3 rings (SSSR count). The third-order valence-corrected chi connectivity index (χ3v) is 5.26. The van der Waals surface area contributed by atoms with Gasteiger partial charge in [0.1, 0.15) is 18.2 Å². The van der Waals surface area contributed by atoms with E-state index in [4.69, 9.17) is 9.73 Å². The SMILES string of the molecule is CCOCCCNC(=NCc1nnc(C)n1C)NC1CCc2nc(C(C)C)nn2C1.I. The first-order valence-corrected chi connectivity index (χ1v) is 10.9. The van der Waals surface area contributed by atoms with Gasteiger partial charge >= 0.3 is 0 Å². The van der Waals surface area contributed by atoms with Crippen LogP contribution >= 0.6 is 24.0 Å². The van der Waals surface area contributed by atoms with Crippen molar-refractivity contribution in [3.05, 3.63) is 23.3 Å². The normalized spacial score (nSPS) is 16.2. The molecule has 3 heterocycles. The van der Waals surface area contributed by atoms with E-state index in [2.05, 4.69) is 44.8 Å². The summed E-state index contributed by atoms with van der Waals surface area (Å²) in [6.07, 6.45) is 2.84. The highest BCUT2D eigenvalue weighted by atomic mass is 127. The Morgan fingerprint density at radius 3 is 2.81 bits per heavy atom. The number of nitrogens with zero attached hydrogens (tertiary/aromatic N) is 7. The third kappa shape index (κ3) is 7.13. The van der Waals surface area contributed by atoms with Crippen LogP contribution in [0.4, 0.5) is 0 Å². The van der Waals surface area contributed by atoms with Gasteiger partial charge in [-0.25, -0.2) is 14.7 Å². The van der Waals surface area contributed by atoms with Gasteiger partial charge < -0.3 is 19.9 Å². The monoisotopic (exact) mass is 545 g/mol. The zero-order valence-corrected chi connectivity index (χ0v) is 21.6. The molecule has 0 aromatic carbocycles. The molecule has 1 unspecified atom stereocenters. The Hall–Kier alpha value is -1.76. The van der Waals surface area contributed by atoms with Gasteiger partial charge in [-0.3, -0.25) is 0 Å². The Kier molecular flexibility index (Phi) is 10.1. The maximum atomic E-state index is 5.43. The number of fused-ring (bicyclic) bond motifs is 1. The molecule has 0 bridgehead atoms. The Labute approximate surface area is 201 Å². The van der Waals surface area contributed by atoms with E-state index in [9.17, 15) is 0 Å². The summed E-state index contributed by atoms with van der Waals surface area (Å²) in [5.41, 5.74) is 0. The van der Waals surface area contributed by atoms with E-state index in [0.29, 0.717) is 12.5 Å². The standard InChI is InChI=1S/C20H35N9O.HI/c1-6-30-11-7-10-21-20(22-12-18-26-25-15(4)28(18)5)23-16-8-9-17-24-19(14(2)3)27-29(17)13-16;/h14,16H,6-13H2,1-5H3,(H2,21,22,23);1H. The lowest BCUT2D eigenvalue weighted by molar-refractivity contribution is 0.145. The molecule has 174 valence electrons. The highest BCUT2D eigenvalue weighted by Gasteiger charge is 2.23. The van der Waals surface area contributed by atoms with Crippen molar-refractivity contribution in [1.82, 2.24) is 40.2 Å². The number of ether oxygens (including phenoxy) is 1. The fourth-order valence-electron chi connectivity index (χ4n) is 3.30. The van der Waals surface area contributed by atoms with Crippen LogP contribution in [0.15, 0.2) is 4.99 Å². The number of aromatic nitrogens is 6. The minimum Gasteiger partial charge on any atom is -0.382 e. The van der Waals surface area contributed by atoms with Gasteiger partial charge in [0.15, 0.2) is 17.6 Å². The molecule has 0 spiro atoms. The molecule has 10 nitrogen and oxygen atoms in total. The lowest BCUT2D eigenvalue weighted by Gasteiger charge is -2.25. The molecule has 2 aromatic rings. The molecule has 31 heavy (non-hydrogen) atoms. The summed E-state index contributed by atoms with van der Waals surface area (Å²) < 4.78 is 9.43. The topological polar surface area (TPSA) is 107 Å². The van der Waals surface area contributed by atoms with Crippen molar-refractivity contribution in [2.24, 2.45) is 12.0 Å². The number of hydrogen-bond donors (Lipinski definition) is 2. The summed E-state index contributed by atoms with van der Waals surface area (Å²) in [5.74, 6) is 4.84. The minimum atomic E-state index is 0. The van der Waals surface area contributed by atoms with Gasteiger partial charge in [0, 0.05) is 45.2 Å². The van der Waals surface area contributed by atoms with E-state index < -0.39 is 0 Å². The highest BCUT2D eigenvalue weighted by molar-refractivity contribution is 14.0. The lowest BCUT2D eigenvalue weighted by Crippen LogP contribution is -2.47. The summed E-state index contributed by atoms with van der Waals surface area (Å²) in [6.45, 7) is 11.7. The van der Waals surface area contributed by atoms with Crippen LogP contribution in [0.1, 0.15) is 62.8 Å². The van der Waals surface area contributed by atoms with Gasteiger partial charge in [0.05, 0.1) is 6.54 Å². The Bertz CT molecular complexity index is 846. The zero-order chi connectivity index (χ0) is 21.5. The number of hydrogen-bond acceptors (Lipinski definition) is 6. The summed E-state index contributed by atoms with van der Waals surface area (Å²) in [4.78, 5) is 9.43. The van der Waals surface area contributed by atoms with Gasteiger partial charge in [-0.1, -0.05) is 13.8 Å². The molecule has 2 aromatic heterocycles. The van der Waals surface area contributed by atoms with Crippen LogP contribution in [0.2, 0.25) is 0 Å². The second kappa shape index (κ2) is 12.3. The number of guanidine groups is 1. The van der Waals surface area contributed by atoms with Gasteiger partial charge in [0.25, 0.3) is 0 Å². The van der Waals surface area contributed by atoms with Crippen molar-refractivity contribution in [2.45, 2.75) is 72.0 Å². The Morgan fingerprint density at radius 1 is 1.32 bits per heavy atom. The van der Waals surface area contributed by atoms with E-state index in [-0.39, 0.29) is 30.0 Å². The van der Waals surface area contributed by atoms with Crippen molar-refractivity contribution in [1.29, 1.82) is 0 Å². The van der Waals surface area contributed by atoms with Crippen LogP contribution in [-0.2, 0) is 31.3 Å². The van der Waals surface area contributed by atoms with E-state index in [1.54, 1.807) is 0 Å². The van der Waals surface area contributed by atoms with Crippen molar-refractivity contribution in [3.63, 3.8) is 0 Å². The van der Waals surface area contributed by atoms with Crippen LogP contribution in [0.3, 0.4) is 0 Å². The second-order valence-corrected chi connectivity index (χ2v) is 7.97. The second-order valence-electron chi connectivity index (χ2n) is 7.97. The minimum absolute atomic E-state index is 0. The van der Waals surface area contributed by atoms with Crippen LogP contribution < -0.4 is 10.6 Å². The number of halogens is 1. The average Bonchev–Trinajstić information content (AvgIpc) is 3.29. The summed E-state index contributed by atoms with van der Waals surface area (Å²) in [5, 5.41) is 20.0. The molecule has 1 atom stereocenters. The number of aliphatic imine (C=N–C) groups is 1. The maximum Gasteiger partial charge on any atom is 0.191 e. The molecular weight excluding hydrogens is 509 g/mol. The van der Waals surface area contributed by atoms with Gasteiger partial charge in [-0.2, -0.15) is 5.10 Å². The van der Waals surface area contributed by atoms with E-state index in [0.717, 1.165) is 74.8 Å². The van der Waals surface area contributed by atoms with Gasteiger partial charge in [0.2, 0.25) is 0 Å². The van der Waals surface area contributed by atoms with E-state index in [1.807, 2.05) is 30.1 Å². The molecule has 1 aliphatic heterocycles. The quantitative estimate of drug-likeness (QED) is 0.215. The fourth-order valence-corrected chi connectivity index (χ4v) is 3.30. The average molecular weight is 545 g/mol. The molecule has 0 aliphatic carbocycles. The fraction of sp³-hybridized carbons (Fsp3) is 0.750. The van der Waals surface area contributed by atoms with Gasteiger partial charge in [-0.05, 0) is 26.7 Å². The summed E-state index contributed by atoms with van der Waals surface area (Å²) in [7, 11) is 1.96. The Morgan fingerprint density at radius 2 is 2.13 bits per heavy atom. The van der Waals surface area contributed by atoms with Crippen molar-refractivity contribution in [3.8, 4) is 0 Å². The van der Waals surface area contributed by atoms with Crippen LogP contribution in [0, 0.1) is 6.92 Å². The smallest absolute Gasteiger partial charge is 0.191 e.